The molecule has 1 aromatic rings. The van der Waals surface area contributed by atoms with Crippen LogP contribution in [0.2, 0.25) is 0 Å². The molecule has 1 aliphatic carbocycles. The molecule has 1 heterocycles. The first-order valence-corrected chi connectivity index (χ1v) is 7.04. The summed E-state index contributed by atoms with van der Waals surface area (Å²) in [5.74, 6) is -0.567. The lowest BCUT2D eigenvalue weighted by molar-refractivity contribution is -0.137. The van der Waals surface area contributed by atoms with Gasteiger partial charge in [0, 0.05) is 18.5 Å². The molecule has 21 heavy (non-hydrogen) atoms. The molecular formula is C13H20N4O4. The van der Waals surface area contributed by atoms with Crippen molar-refractivity contribution in [1.29, 1.82) is 0 Å². The molecule has 0 aliphatic heterocycles. The maximum atomic E-state index is 12.0. The van der Waals surface area contributed by atoms with Crippen LogP contribution in [0.4, 0.5) is 6.01 Å². The summed E-state index contributed by atoms with van der Waals surface area (Å²) in [7, 11) is 0. The molecule has 0 saturated heterocycles. The maximum absolute atomic E-state index is 12.0. The van der Waals surface area contributed by atoms with Crippen molar-refractivity contribution < 1.29 is 19.1 Å². The van der Waals surface area contributed by atoms with Gasteiger partial charge in [-0.05, 0) is 12.8 Å². The zero-order valence-corrected chi connectivity index (χ0v) is 12.2. The van der Waals surface area contributed by atoms with Crippen molar-refractivity contribution in [2.75, 3.05) is 18.4 Å². The quantitative estimate of drug-likeness (QED) is 0.738. The van der Waals surface area contributed by atoms with Gasteiger partial charge in [-0.1, -0.05) is 18.9 Å². The Balaban J connectivity index is 1.85. The summed E-state index contributed by atoms with van der Waals surface area (Å²) in [4.78, 5) is 24.5. The van der Waals surface area contributed by atoms with Crippen LogP contribution in [-0.4, -0.2) is 51.2 Å². The Bertz CT molecular complexity index is 510. The molecule has 0 atom stereocenters. The van der Waals surface area contributed by atoms with E-state index < -0.39 is 5.97 Å². The fraction of sp³-hybridized carbons (Fsp3) is 0.692. The minimum absolute atomic E-state index is 0.0296. The van der Waals surface area contributed by atoms with Gasteiger partial charge < -0.3 is 9.52 Å². The fourth-order valence-electron chi connectivity index (χ4n) is 1.93. The smallest absolute Gasteiger partial charge is 0.322 e. The summed E-state index contributed by atoms with van der Waals surface area (Å²) in [6, 6.07) is 0.390. The van der Waals surface area contributed by atoms with Crippen molar-refractivity contribution in [1.82, 2.24) is 15.1 Å². The maximum Gasteiger partial charge on any atom is 0.322 e. The van der Waals surface area contributed by atoms with E-state index in [9.17, 15) is 9.59 Å². The van der Waals surface area contributed by atoms with Gasteiger partial charge >= 0.3 is 12.0 Å². The number of carbonyl (C=O) groups is 2. The third-order valence-electron chi connectivity index (χ3n) is 3.20. The molecule has 2 rings (SSSR count). The number of aromatic nitrogens is 2. The van der Waals surface area contributed by atoms with E-state index in [0.29, 0.717) is 18.5 Å². The first-order valence-electron chi connectivity index (χ1n) is 7.04. The van der Waals surface area contributed by atoms with E-state index in [1.54, 1.807) is 0 Å². The Morgan fingerprint density at radius 1 is 1.43 bits per heavy atom. The van der Waals surface area contributed by atoms with Gasteiger partial charge in [0.25, 0.3) is 0 Å². The summed E-state index contributed by atoms with van der Waals surface area (Å²) in [6.45, 7) is 4.34. The van der Waals surface area contributed by atoms with E-state index >= 15 is 0 Å². The predicted octanol–water partition coefficient (Wildman–Crippen LogP) is 1.07. The third-order valence-corrected chi connectivity index (χ3v) is 3.20. The molecule has 2 N–H and O–H groups in total. The van der Waals surface area contributed by atoms with Crippen LogP contribution in [0.15, 0.2) is 4.42 Å². The number of carboxylic acids is 1. The Hall–Kier alpha value is -1.96. The van der Waals surface area contributed by atoms with Crippen LogP contribution in [0.3, 0.4) is 0 Å². The van der Waals surface area contributed by atoms with Crippen LogP contribution in [0.25, 0.3) is 0 Å². The Kier molecular flexibility index (Phi) is 4.89. The molecule has 1 saturated carbocycles. The van der Waals surface area contributed by atoms with Crippen molar-refractivity contribution in [3.8, 4) is 0 Å². The lowest BCUT2D eigenvalue weighted by atomic mass is 10.2. The molecule has 1 aliphatic rings. The van der Waals surface area contributed by atoms with Crippen molar-refractivity contribution in [3.63, 3.8) is 0 Å². The highest BCUT2D eigenvalue weighted by Gasteiger charge is 2.30. The van der Waals surface area contributed by atoms with Gasteiger partial charge in [0.1, 0.15) is 0 Å². The van der Waals surface area contributed by atoms with E-state index in [1.807, 2.05) is 18.7 Å². The van der Waals surface area contributed by atoms with E-state index in [0.717, 1.165) is 12.8 Å². The molecule has 0 aromatic carbocycles. The second kappa shape index (κ2) is 6.66. The number of hydrogen-bond acceptors (Lipinski definition) is 6. The zero-order valence-electron chi connectivity index (χ0n) is 12.2. The lowest BCUT2D eigenvalue weighted by Gasteiger charge is -2.19. The lowest BCUT2D eigenvalue weighted by Crippen LogP contribution is -2.36. The molecule has 116 valence electrons. The summed E-state index contributed by atoms with van der Waals surface area (Å²) in [5, 5.41) is 18.9. The van der Waals surface area contributed by atoms with Gasteiger partial charge in [-0.15, -0.1) is 5.10 Å². The average molecular weight is 296 g/mol. The van der Waals surface area contributed by atoms with Crippen molar-refractivity contribution >= 4 is 17.9 Å². The Morgan fingerprint density at radius 3 is 2.67 bits per heavy atom. The van der Waals surface area contributed by atoms with Gasteiger partial charge in [0.2, 0.25) is 11.8 Å². The monoisotopic (exact) mass is 296 g/mol. The first kappa shape index (κ1) is 15.4. The van der Waals surface area contributed by atoms with Gasteiger partial charge in [-0.25, -0.2) is 0 Å². The molecule has 0 bridgehead atoms. The number of carboxylic acid groups (broad SMARTS) is 1. The van der Waals surface area contributed by atoms with E-state index in [-0.39, 0.29) is 30.8 Å². The normalized spacial score (nSPS) is 14.7. The average Bonchev–Trinajstić information content (AvgIpc) is 3.14. The summed E-state index contributed by atoms with van der Waals surface area (Å²) < 4.78 is 5.30. The standard InChI is InChI=1S/C13H20N4O4/c1-8(2)12-15-16-13(21-12)14-10(18)7-17(9-3-4-9)6-5-11(19)20/h8-9H,3-7H2,1-2H3,(H,19,20)(H,14,16,18). The topological polar surface area (TPSA) is 109 Å². The molecule has 8 heteroatoms. The van der Waals surface area contributed by atoms with Crippen LogP contribution >= 0.6 is 0 Å². The van der Waals surface area contributed by atoms with Gasteiger partial charge in [-0.2, -0.15) is 0 Å². The molecule has 8 nitrogen and oxygen atoms in total. The molecule has 0 spiro atoms. The molecule has 0 radical (unpaired) electrons. The summed E-state index contributed by atoms with van der Waals surface area (Å²) in [6.07, 6.45) is 2.04. The second-order valence-electron chi connectivity index (χ2n) is 5.49. The van der Waals surface area contributed by atoms with Gasteiger partial charge in [0.15, 0.2) is 0 Å². The Labute approximate surface area is 122 Å². The highest BCUT2D eigenvalue weighted by Crippen LogP contribution is 2.26. The number of rotatable bonds is 8. The first-order chi connectivity index (χ1) is 9.95. The van der Waals surface area contributed by atoms with Crippen LogP contribution in [-0.2, 0) is 9.59 Å². The highest BCUT2D eigenvalue weighted by molar-refractivity contribution is 5.90. The highest BCUT2D eigenvalue weighted by atomic mass is 16.4. The number of nitrogens with one attached hydrogen (secondary N) is 1. The van der Waals surface area contributed by atoms with Crippen LogP contribution in [0, 0.1) is 0 Å². The van der Waals surface area contributed by atoms with E-state index in [4.69, 9.17) is 9.52 Å². The number of carbonyl (C=O) groups excluding carboxylic acids is 1. The molecule has 1 aromatic heterocycles. The molecule has 1 amide bonds. The van der Waals surface area contributed by atoms with Crippen LogP contribution in [0.1, 0.15) is 44.9 Å². The van der Waals surface area contributed by atoms with E-state index in [2.05, 4.69) is 15.5 Å². The molecular weight excluding hydrogens is 276 g/mol. The number of amides is 1. The van der Waals surface area contributed by atoms with Crippen molar-refractivity contribution in [2.24, 2.45) is 0 Å². The largest absolute Gasteiger partial charge is 0.481 e. The minimum Gasteiger partial charge on any atom is -0.481 e. The minimum atomic E-state index is -0.862. The van der Waals surface area contributed by atoms with E-state index in [1.165, 1.54) is 0 Å². The van der Waals surface area contributed by atoms with Crippen LogP contribution < -0.4 is 5.32 Å². The third kappa shape index (κ3) is 4.82. The number of aliphatic carboxylic acids is 1. The van der Waals surface area contributed by atoms with Crippen molar-refractivity contribution in [2.45, 2.75) is 45.1 Å². The second-order valence-corrected chi connectivity index (χ2v) is 5.49. The predicted molar refractivity (Wildman–Crippen MR) is 73.9 cm³/mol. The van der Waals surface area contributed by atoms with Gasteiger partial charge in [0.05, 0.1) is 13.0 Å². The number of hydrogen-bond donors (Lipinski definition) is 2. The van der Waals surface area contributed by atoms with Crippen molar-refractivity contribution in [3.05, 3.63) is 5.89 Å². The molecule has 1 fully saturated rings. The fourth-order valence-corrected chi connectivity index (χ4v) is 1.93. The zero-order chi connectivity index (χ0) is 15.4. The number of nitrogens with zero attached hydrogens (tertiary/aromatic N) is 3. The summed E-state index contributed by atoms with van der Waals surface area (Å²) in [5.41, 5.74) is 0. The molecule has 0 unspecified atom stereocenters. The number of anilines is 1. The van der Waals surface area contributed by atoms with Gasteiger partial charge in [-0.3, -0.25) is 19.8 Å². The Morgan fingerprint density at radius 2 is 2.14 bits per heavy atom. The summed E-state index contributed by atoms with van der Waals surface area (Å²) >= 11 is 0. The SMILES string of the molecule is CC(C)c1nnc(NC(=O)CN(CCC(=O)O)C2CC2)o1. The van der Waals surface area contributed by atoms with Crippen LogP contribution in [0.5, 0.6) is 0 Å².